The van der Waals surface area contributed by atoms with E-state index in [1.54, 1.807) is 0 Å². The molecule has 1 fully saturated rings. The Morgan fingerprint density at radius 3 is 2.16 bits per heavy atom. The number of hydrogen-bond acceptors (Lipinski definition) is 1. The highest BCUT2D eigenvalue weighted by Crippen LogP contribution is 2.31. The summed E-state index contributed by atoms with van der Waals surface area (Å²) in [7, 11) is -2.17. The molecule has 3 rings (SSSR count). The molecule has 0 radical (unpaired) electrons. The molecule has 2 heteroatoms. The minimum atomic E-state index is -2.17. The Bertz CT molecular complexity index is 613. The van der Waals surface area contributed by atoms with Gasteiger partial charge in [0.1, 0.15) is 0 Å². The molecule has 0 amide bonds. The lowest BCUT2D eigenvalue weighted by Gasteiger charge is -2.37. The van der Waals surface area contributed by atoms with E-state index in [0.717, 1.165) is 12.3 Å². The molecule has 0 spiro atoms. The van der Waals surface area contributed by atoms with Crippen molar-refractivity contribution in [3.63, 3.8) is 0 Å². The summed E-state index contributed by atoms with van der Waals surface area (Å²) in [6, 6.07) is 21.7. The van der Waals surface area contributed by atoms with E-state index in [1.807, 2.05) is 0 Å². The Morgan fingerprint density at radius 2 is 1.60 bits per heavy atom. The number of hydrogen-bond donors (Lipinski definition) is 0. The largest absolute Gasteiger partial charge is 0.405 e. The van der Waals surface area contributed by atoms with Gasteiger partial charge in [0, 0.05) is 6.10 Å². The van der Waals surface area contributed by atoms with Gasteiger partial charge in [0.25, 0.3) is 8.32 Å². The van der Waals surface area contributed by atoms with Crippen LogP contribution < -0.4 is 10.4 Å². The van der Waals surface area contributed by atoms with Gasteiger partial charge >= 0.3 is 0 Å². The molecule has 25 heavy (non-hydrogen) atoms. The maximum absolute atomic E-state index is 6.97. The summed E-state index contributed by atoms with van der Waals surface area (Å²) < 4.78 is 6.97. The third kappa shape index (κ3) is 4.50. The number of rotatable bonds is 7. The summed E-state index contributed by atoms with van der Waals surface area (Å²) in [5.74, 6) is 0.793. The lowest BCUT2D eigenvalue weighted by molar-refractivity contribution is 0.118. The lowest BCUT2D eigenvalue weighted by Crippen LogP contribution is -2.60. The van der Waals surface area contributed by atoms with E-state index in [9.17, 15) is 0 Å². The second kappa shape index (κ2) is 8.64. The zero-order valence-corrected chi connectivity index (χ0v) is 16.4. The van der Waals surface area contributed by atoms with Crippen LogP contribution in [0.3, 0.4) is 0 Å². The molecule has 1 nitrogen and oxygen atoms in total. The van der Waals surface area contributed by atoms with Crippen molar-refractivity contribution in [3.8, 4) is 0 Å². The zero-order chi connectivity index (χ0) is 17.5. The average molecular weight is 351 g/mol. The predicted octanol–water partition coefficient (Wildman–Crippen LogP) is 4.92. The second-order valence-corrected chi connectivity index (χ2v) is 10.9. The van der Waals surface area contributed by atoms with E-state index in [1.165, 1.54) is 42.5 Å². The van der Waals surface area contributed by atoms with Crippen LogP contribution in [0.4, 0.5) is 0 Å². The molecule has 0 aliphatic heterocycles. The van der Waals surface area contributed by atoms with Gasteiger partial charge in [-0.3, -0.25) is 0 Å². The van der Waals surface area contributed by atoms with Gasteiger partial charge in [0.2, 0.25) is 0 Å². The van der Waals surface area contributed by atoms with Gasteiger partial charge in [-0.25, -0.2) is 0 Å². The minimum Gasteiger partial charge on any atom is -0.405 e. The van der Waals surface area contributed by atoms with Crippen molar-refractivity contribution in [2.45, 2.75) is 51.2 Å². The molecule has 0 aromatic heterocycles. The Labute approximate surface area is 153 Å². The molecule has 2 aromatic rings. The summed E-state index contributed by atoms with van der Waals surface area (Å²) in [5, 5.41) is 2.74. The predicted molar refractivity (Wildman–Crippen MR) is 110 cm³/mol. The third-order valence-electron chi connectivity index (χ3n) is 5.57. The van der Waals surface area contributed by atoms with Crippen molar-refractivity contribution in [2.75, 3.05) is 0 Å². The topological polar surface area (TPSA) is 9.23 Å². The highest BCUT2D eigenvalue weighted by atomic mass is 28.4. The van der Waals surface area contributed by atoms with Gasteiger partial charge < -0.3 is 4.43 Å². The fourth-order valence-electron chi connectivity index (χ4n) is 4.11. The highest BCUT2D eigenvalue weighted by molar-refractivity contribution is 6.96. The summed E-state index contributed by atoms with van der Waals surface area (Å²) in [4.78, 5) is 0. The van der Waals surface area contributed by atoms with Gasteiger partial charge in [-0.05, 0) is 48.5 Å². The molecule has 1 aliphatic rings. The Kier molecular flexibility index (Phi) is 6.27. The fourth-order valence-corrected chi connectivity index (χ4v) is 7.26. The summed E-state index contributed by atoms with van der Waals surface area (Å²) >= 11 is 0. The first kappa shape index (κ1) is 18.2. The smallest absolute Gasteiger partial charge is 0.253 e. The van der Waals surface area contributed by atoms with Crippen molar-refractivity contribution in [1.82, 2.24) is 0 Å². The van der Waals surface area contributed by atoms with Crippen LogP contribution in [0.15, 0.2) is 73.3 Å². The van der Waals surface area contributed by atoms with Crippen molar-refractivity contribution in [3.05, 3.63) is 73.3 Å². The van der Waals surface area contributed by atoms with Crippen LogP contribution in [0.25, 0.3) is 0 Å². The molecule has 2 atom stereocenters. The molecular weight excluding hydrogens is 320 g/mol. The van der Waals surface area contributed by atoms with E-state index >= 15 is 0 Å². The van der Waals surface area contributed by atoms with Crippen LogP contribution in [-0.2, 0) is 4.43 Å². The van der Waals surface area contributed by atoms with E-state index in [4.69, 9.17) is 4.43 Å². The maximum atomic E-state index is 6.97. The van der Waals surface area contributed by atoms with Crippen LogP contribution in [0.2, 0.25) is 6.55 Å². The molecule has 0 saturated heterocycles. The molecule has 0 unspecified atom stereocenters. The van der Waals surface area contributed by atoms with Crippen molar-refractivity contribution in [2.24, 2.45) is 5.92 Å². The first-order chi connectivity index (χ1) is 12.2. The standard InChI is InChI=1S/C23H30OSi/c1-3-4-12-20-13-11-14-21(19-20)24-25(2,22-15-7-5-8-16-22)23-17-9-6-10-18-23/h3,5-10,15-18,20-21H,1,4,11-14,19H2,2H3/t20-,21+/m0/s1. The zero-order valence-electron chi connectivity index (χ0n) is 15.4. The lowest BCUT2D eigenvalue weighted by atomic mass is 9.84. The van der Waals surface area contributed by atoms with Crippen LogP contribution in [0.1, 0.15) is 38.5 Å². The van der Waals surface area contributed by atoms with E-state index < -0.39 is 8.32 Å². The highest BCUT2D eigenvalue weighted by Gasteiger charge is 2.37. The first-order valence-corrected chi connectivity index (χ1v) is 12.0. The summed E-state index contributed by atoms with van der Waals surface area (Å²) in [6.07, 6.45) is 9.88. The fraction of sp³-hybridized carbons (Fsp3) is 0.391. The quantitative estimate of drug-likeness (QED) is 0.509. The Hall–Kier alpha value is -1.64. The van der Waals surface area contributed by atoms with Gasteiger partial charge in [0.15, 0.2) is 0 Å². The molecule has 132 valence electrons. The second-order valence-electron chi connectivity index (χ2n) is 7.40. The molecule has 0 N–H and O–H groups in total. The van der Waals surface area contributed by atoms with Gasteiger partial charge in [-0.15, -0.1) is 6.58 Å². The van der Waals surface area contributed by atoms with Crippen LogP contribution in [-0.4, -0.2) is 14.4 Å². The Morgan fingerprint density at radius 1 is 1.00 bits per heavy atom. The minimum absolute atomic E-state index is 0.389. The van der Waals surface area contributed by atoms with E-state index in [0.29, 0.717) is 6.10 Å². The molecular formula is C23H30OSi. The van der Waals surface area contributed by atoms with Gasteiger partial charge in [-0.1, -0.05) is 79.6 Å². The van der Waals surface area contributed by atoms with Crippen LogP contribution in [0, 0.1) is 5.92 Å². The summed E-state index contributed by atoms with van der Waals surface area (Å²) in [5.41, 5.74) is 0. The van der Waals surface area contributed by atoms with Crippen molar-refractivity contribution in [1.29, 1.82) is 0 Å². The van der Waals surface area contributed by atoms with E-state index in [2.05, 4.69) is 79.9 Å². The normalized spacial score (nSPS) is 21.0. The number of benzene rings is 2. The van der Waals surface area contributed by atoms with E-state index in [-0.39, 0.29) is 0 Å². The molecule has 1 aliphatic carbocycles. The molecule has 0 bridgehead atoms. The Balaban J connectivity index is 1.82. The maximum Gasteiger partial charge on any atom is 0.253 e. The number of allylic oxidation sites excluding steroid dienone is 1. The molecule has 2 aromatic carbocycles. The van der Waals surface area contributed by atoms with Gasteiger partial charge in [0.05, 0.1) is 0 Å². The van der Waals surface area contributed by atoms with Crippen molar-refractivity contribution < 1.29 is 4.43 Å². The van der Waals surface area contributed by atoms with Crippen molar-refractivity contribution >= 4 is 18.7 Å². The SMILES string of the molecule is C=CCC[C@H]1CCC[C@@H](O[Si](C)(c2ccccc2)c2ccccc2)C1. The monoisotopic (exact) mass is 350 g/mol. The average Bonchev–Trinajstić information content (AvgIpc) is 2.68. The molecule has 1 saturated carbocycles. The van der Waals surface area contributed by atoms with Gasteiger partial charge in [-0.2, -0.15) is 0 Å². The summed E-state index contributed by atoms with van der Waals surface area (Å²) in [6.45, 7) is 6.24. The first-order valence-electron chi connectivity index (χ1n) is 9.62. The third-order valence-corrected chi connectivity index (χ3v) is 9.24. The van der Waals surface area contributed by atoms with Crippen LogP contribution in [0.5, 0.6) is 0 Å². The van der Waals surface area contributed by atoms with Crippen LogP contribution >= 0.6 is 0 Å². The molecule has 0 heterocycles.